The fourth-order valence-electron chi connectivity index (χ4n) is 4.10. The van der Waals surface area contributed by atoms with E-state index in [1.165, 1.54) is 0 Å². The highest BCUT2D eigenvalue weighted by Crippen LogP contribution is 2.39. The van der Waals surface area contributed by atoms with Crippen molar-refractivity contribution in [3.63, 3.8) is 0 Å². The minimum atomic E-state index is 0.240. The molecule has 0 spiro atoms. The van der Waals surface area contributed by atoms with E-state index in [4.69, 9.17) is 26.8 Å². The van der Waals surface area contributed by atoms with Crippen LogP contribution >= 0.6 is 12.2 Å². The van der Waals surface area contributed by atoms with Gasteiger partial charge in [0.25, 0.3) is 0 Å². The molecule has 0 unspecified atom stereocenters. The highest BCUT2D eigenvalue weighted by molar-refractivity contribution is 7.71. The van der Waals surface area contributed by atoms with Crippen LogP contribution in [0, 0.1) is 11.7 Å². The van der Waals surface area contributed by atoms with E-state index in [9.17, 15) is 0 Å². The van der Waals surface area contributed by atoms with Gasteiger partial charge >= 0.3 is 0 Å². The first-order valence-electron chi connectivity index (χ1n) is 9.80. The van der Waals surface area contributed by atoms with Crippen LogP contribution in [0.25, 0.3) is 5.69 Å². The predicted molar refractivity (Wildman–Crippen MR) is 115 cm³/mol. The van der Waals surface area contributed by atoms with Crippen molar-refractivity contribution in [1.29, 1.82) is 0 Å². The third-order valence-electron chi connectivity index (χ3n) is 5.49. The first kappa shape index (κ1) is 19.7. The summed E-state index contributed by atoms with van der Waals surface area (Å²) in [6.07, 6.45) is 2.19. The molecule has 1 fully saturated rings. The van der Waals surface area contributed by atoms with Crippen molar-refractivity contribution in [1.82, 2.24) is 19.2 Å². The van der Waals surface area contributed by atoms with E-state index >= 15 is 0 Å². The van der Waals surface area contributed by atoms with Gasteiger partial charge in [0.05, 0.1) is 20.9 Å². The molecular formula is C22H26N4O2S. The topological polar surface area (TPSA) is 44.5 Å². The lowest BCUT2D eigenvalue weighted by Gasteiger charge is -2.26. The van der Waals surface area contributed by atoms with Crippen molar-refractivity contribution in [2.24, 2.45) is 0 Å². The zero-order valence-corrected chi connectivity index (χ0v) is 17.9. The third kappa shape index (κ3) is 3.80. The van der Waals surface area contributed by atoms with Crippen LogP contribution in [0.4, 0.5) is 0 Å². The maximum atomic E-state index is 5.77. The summed E-state index contributed by atoms with van der Waals surface area (Å²) in [5, 5.41) is 4.73. The zero-order valence-electron chi connectivity index (χ0n) is 17.0. The molecule has 0 aliphatic carbocycles. The Balaban J connectivity index is 1.65. The van der Waals surface area contributed by atoms with E-state index in [0.29, 0.717) is 11.4 Å². The average Bonchev–Trinajstić information content (AvgIpc) is 3.32. The lowest BCUT2D eigenvalue weighted by atomic mass is 10.0. The monoisotopic (exact) mass is 410 g/mol. The molecule has 1 aliphatic rings. The van der Waals surface area contributed by atoms with E-state index in [1.807, 2.05) is 46.5 Å². The number of ether oxygens (including phenoxy) is 2. The number of nitrogens with zero attached hydrogens (tertiary/aromatic N) is 4. The number of para-hydroxylation sites is 1. The van der Waals surface area contributed by atoms with E-state index in [2.05, 4.69) is 23.1 Å². The number of aromatic nitrogens is 3. The number of hydrogen-bond acceptors (Lipinski definition) is 5. The summed E-state index contributed by atoms with van der Waals surface area (Å²) in [5.41, 5.74) is 2.18. The van der Waals surface area contributed by atoms with Gasteiger partial charge < -0.3 is 9.47 Å². The molecule has 0 saturated carbocycles. The van der Waals surface area contributed by atoms with Crippen LogP contribution in [-0.2, 0) is 6.67 Å². The molecule has 6 nitrogen and oxygen atoms in total. The van der Waals surface area contributed by atoms with E-state index in [0.717, 1.165) is 48.0 Å². The Kier molecular flexibility index (Phi) is 5.69. The molecule has 0 bridgehead atoms. The van der Waals surface area contributed by atoms with Gasteiger partial charge in [-0.3, -0.25) is 9.47 Å². The molecule has 152 valence electrons. The van der Waals surface area contributed by atoms with Crippen molar-refractivity contribution in [2.45, 2.75) is 32.5 Å². The van der Waals surface area contributed by atoms with E-state index < -0.39 is 0 Å². The maximum absolute atomic E-state index is 5.77. The van der Waals surface area contributed by atoms with E-state index in [-0.39, 0.29) is 6.04 Å². The fraction of sp³-hybridized carbons (Fsp3) is 0.364. The standard InChI is InChI=1S/C22H26N4O2S/c1-16-23-25(22(29)26(16)17-8-5-4-6-9-17)15-24-13-7-10-20(24)19-14-18(27-2)11-12-21(19)28-3/h4-6,8-9,11-12,14,20H,7,10,13,15H2,1-3H3/t20-/m1/s1. The Morgan fingerprint density at radius 2 is 1.90 bits per heavy atom. The van der Waals surface area contributed by atoms with Crippen LogP contribution in [0.15, 0.2) is 48.5 Å². The number of benzene rings is 2. The first-order valence-corrected chi connectivity index (χ1v) is 10.2. The number of rotatable bonds is 6. The second kappa shape index (κ2) is 8.39. The van der Waals surface area contributed by atoms with Crippen molar-refractivity contribution in [2.75, 3.05) is 20.8 Å². The molecule has 3 aromatic rings. The summed E-state index contributed by atoms with van der Waals surface area (Å²) < 4.78 is 15.7. The summed E-state index contributed by atoms with van der Waals surface area (Å²) in [7, 11) is 3.40. The molecule has 1 saturated heterocycles. The number of likely N-dealkylation sites (tertiary alicyclic amines) is 1. The molecule has 1 atom stereocenters. The van der Waals surface area contributed by atoms with Gasteiger partial charge in [0.1, 0.15) is 17.3 Å². The van der Waals surface area contributed by atoms with Gasteiger partial charge in [-0.15, -0.1) is 0 Å². The Bertz CT molecular complexity index is 1040. The van der Waals surface area contributed by atoms with Crippen LogP contribution in [-0.4, -0.2) is 40.0 Å². The van der Waals surface area contributed by atoms with Gasteiger partial charge in [-0.1, -0.05) is 18.2 Å². The fourth-order valence-corrected chi connectivity index (χ4v) is 4.44. The first-order chi connectivity index (χ1) is 14.1. The van der Waals surface area contributed by atoms with Crippen LogP contribution in [0.5, 0.6) is 11.5 Å². The van der Waals surface area contributed by atoms with Crippen molar-refractivity contribution >= 4 is 12.2 Å². The summed E-state index contributed by atoms with van der Waals surface area (Å²) in [6.45, 7) is 3.63. The van der Waals surface area contributed by atoms with Crippen molar-refractivity contribution < 1.29 is 9.47 Å². The molecule has 0 N–H and O–H groups in total. The minimum absolute atomic E-state index is 0.240. The maximum Gasteiger partial charge on any atom is 0.203 e. The highest BCUT2D eigenvalue weighted by atomic mass is 32.1. The molecule has 7 heteroatoms. The highest BCUT2D eigenvalue weighted by Gasteiger charge is 2.29. The third-order valence-corrected chi connectivity index (χ3v) is 5.88. The molecule has 0 amide bonds. The molecule has 2 heterocycles. The van der Waals surface area contributed by atoms with Crippen LogP contribution in [0.1, 0.15) is 30.3 Å². The summed E-state index contributed by atoms with van der Waals surface area (Å²) >= 11 is 5.77. The minimum Gasteiger partial charge on any atom is -0.497 e. The largest absolute Gasteiger partial charge is 0.497 e. The van der Waals surface area contributed by atoms with Crippen LogP contribution < -0.4 is 9.47 Å². The van der Waals surface area contributed by atoms with Crippen molar-refractivity contribution in [3.05, 3.63) is 64.7 Å². The lowest BCUT2D eigenvalue weighted by molar-refractivity contribution is 0.186. The number of hydrogen-bond donors (Lipinski definition) is 0. The van der Waals surface area contributed by atoms with E-state index in [1.54, 1.807) is 14.2 Å². The van der Waals surface area contributed by atoms with Crippen molar-refractivity contribution in [3.8, 4) is 17.2 Å². The van der Waals surface area contributed by atoms with Crippen LogP contribution in [0.3, 0.4) is 0 Å². The SMILES string of the molecule is COc1ccc(OC)c([C@H]2CCCN2Cn2nc(C)n(-c3ccccc3)c2=S)c1. The molecule has 4 rings (SSSR count). The number of aryl methyl sites for hydroxylation is 1. The molecule has 1 aromatic heterocycles. The molecule has 29 heavy (non-hydrogen) atoms. The predicted octanol–water partition coefficient (Wildman–Crippen LogP) is 4.52. The second-order valence-corrected chi connectivity index (χ2v) is 7.59. The zero-order chi connectivity index (χ0) is 20.4. The van der Waals surface area contributed by atoms with Gasteiger partial charge in [-0.05, 0) is 62.3 Å². The van der Waals surface area contributed by atoms with Gasteiger partial charge in [0, 0.05) is 23.8 Å². The Labute approximate surface area is 176 Å². The molecule has 0 radical (unpaired) electrons. The Morgan fingerprint density at radius 3 is 2.62 bits per heavy atom. The average molecular weight is 411 g/mol. The smallest absolute Gasteiger partial charge is 0.203 e. The Morgan fingerprint density at radius 1 is 1.10 bits per heavy atom. The van der Waals surface area contributed by atoms with Gasteiger partial charge in [-0.2, -0.15) is 5.10 Å². The van der Waals surface area contributed by atoms with Crippen LogP contribution in [0.2, 0.25) is 0 Å². The molecule has 1 aliphatic heterocycles. The summed E-state index contributed by atoms with van der Waals surface area (Å²) in [5.74, 6) is 2.61. The molecular weight excluding hydrogens is 384 g/mol. The van der Waals surface area contributed by atoms with Gasteiger partial charge in [0.15, 0.2) is 0 Å². The quantitative estimate of drug-likeness (QED) is 0.559. The summed E-state index contributed by atoms with van der Waals surface area (Å²) in [4.78, 5) is 2.41. The lowest BCUT2D eigenvalue weighted by Crippen LogP contribution is -2.27. The second-order valence-electron chi connectivity index (χ2n) is 7.22. The van der Waals surface area contributed by atoms with Gasteiger partial charge in [-0.25, -0.2) is 4.68 Å². The number of methoxy groups -OCH3 is 2. The molecule has 2 aromatic carbocycles. The Hall–Kier alpha value is -2.64. The summed E-state index contributed by atoms with van der Waals surface area (Å²) in [6, 6.07) is 16.4. The van der Waals surface area contributed by atoms with Gasteiger partial charge in [0.2, 0.25) is 4.77 Å². The normalized spacial score (nSPS) is 16.9.